The van der Waals surface area contributed by atoms with Crippen LogP contribution >= 0.6 is 0 Å². The maximum atomic E-state index is 13.9. The van der Waals surface area contributed by atoms with E-state index in [0.29, 0.717) is 5.78 Å². The van der Waals surface area contributed by atoms with Crippen molar-refractivity contribution in [3.63, 3.8) is 0 Å². The number of carbonyl (C=O) groups excluding carboxylic acids is 1. The van der Waals surface area contributed by atoms with Gasteiger partial charge in [-0.05, 0) is 55.8 Å². The zero-order valence-corrected chi connectivity index (χ0v) is 21.3. The van der Waals surface area contributed by atoms with Gasteiger partial charge in [-0.15, -0.1) is 0 Å². The van der Waals surface area contributed by atoms with Crippen LogP contribution in [0.2, 0.25) is 0 Å². The molecule has 0 aromatic heterocycles. The van der Waals surface area contributed by atoms with Crippen molar-refractivity contribution in [2.75, 3.05) is 37.6 Å². The topological polar surface area (TPSA) is 23.6 Å². The van der Waals surface area contributed by atoms with Crippen LogP contribution in [-0.4, -0.2) is 43.4 Å². The van der Waals surface area contributed by atoms with Crippen LogP contribution in [0, 0.1) is 0 Å². The lowest BCUT2D eigenvalue weighted by Crippen LogP contribution is -2.32. The second kappa shape index (κ2) is 11.0. The SMILES string of the molecule is CCCCCN1CCCN(c2ccc3c4c(cccc24)C(=O)C3(CCCC)CCCC)CC1. The molecule has 1 aliphatic carbocycles. The summed E-state index contributed by atoms with van der Waals surface area (Å²) in [6.45, 7) is 12.5. The number of nitrogens with zero attached hydrogens (tertiary/aromatic N) is 2. The van der Waals surface area contributed by atoms with Crippen molar-refractivity contribution in [1.82, 2.24) is 4.90 Å². The highest BCUT2D eigenvalue weighted by Gasteiger charge is 2.46. The van der Waals surface area contributed by atoms with Gasteiger partial charge in [0.25, 0.3) is 0 Å². The van der Waals surface area contributed by atoms with Gasteiger partial charge in [0.1, 0.15) is 0 Å². The molecule has 0 bridgehead atoms. The molecule has 0 atom stereocenters. The van der Waals surface area contributed by atoms with Gasteiger partial charge in [0.2, 0.25) is 0 Å². The van der Waals surface area contributed by atoms with E-state index in [1.807, 2.05) is 0 Å². The molecule has 2 aromatic carbocycles. The Kier molecular flexibility index (Phi) is 8.11. The second-order valence-corrected chi connectivity index (χ2v) is 10.4. The van der Waals surface area contributed by atoms with Crippen molar-refractivity contribution in [2.24, 2.45) is 0 Å². The lowest BCUT2D eigenvalue weighted by atomic mass is 9.72. The average Bonchev–Trinajstić information content (AvgIpc) is 2.97. The Bertz CT molecular complexity index is 942. The minimum Gasteiger partial charge on any atom is -0.370 e. The van der Waals surface area contributed by atoms with E-state index in [9.17, 15) is 4.79 Å². The first-order valence-corrected chi connectivity index (χ1v) is 13.7. The van der Waals surface area contributed by atoms with Crippen molar-refractivity contribution in [1.29, 1.82) is 0 Å². The van der Waals surface area contributed by atoms with Gasteiger partial charge >= 0.3 is 0 Å². The fourth-order valence-corrected chi connectivity index (χ4v) is 6.23. The van der Waals surface area contributed by atoms with E-state index in [1.165, 1.54) is 60.8 Å². The first kappa shape index (κ1) is 24.3. The van der Waals surface area contributed by atoms with Gasteiger partial charge in [-0.1, -0.05) is 83.6 Å². The highest BCUT2D eigenvalue weighted by atomic mass is 16.1. The zero-order valence-electron chi connectivity index (χ0n) is 21.3. The Hall–Kier alpha value is -1.87. The molecule has 1 aliphatic heterocycles. The smallest absolute Gasteiger partial charge is 0.174 e. The number of ketones is 1. The maximum absolute atomic E-state index is 13.9. The van der Waals surface area contributed by atoms with E-state index >= 15 is 0 Å². The van der Waals surface area contributed by atoms with Crippen molar-refractivity contribution in [2.45, 2.75) is 90.4 Å². The zero-order chi connectivity index (χ0) is 23.3. The van der Waals surface area contributed by atoms with Crippen molar-refractivity contribution in [3.8, 4) is 0 Å². The van der Waals surface area contributed by atoms with Crippen LogP contribution < -0.4 is 4.90 Å². The summed E-state index contributed by atoms with van der Waals surface area (Å²) in [5.74, 6) is 0.389. The van der Waals surface area contributed by atoms with E-state index in [-0.39, 0.29) is 5.41 Å². The van der Waals surface area contributed by atoms with Gasteiger partial charge in [0, 0.05) is 36.3 Å². The van der Waals surface area contributed by atoms with Crippen LogP contribution in [0.4, 0.5) is 5.69 Å². The molecule has 0 unspecified atom stereocenters. The van der Waals surface area contributed by atoms with E-state index < -0.39 is 0 Å². The summed E-state index contributed by atoms with van der Waals surface area (Å²) in [7, 11) is 0. The molecule has 1 heterocycles. The predicted octanol–water partition coefficient (Wildman–Crippen LogP) is 7.36. The first-order chi connectivity index (χ1) is 16.2. The van der Waals surface area contributed by atoms with E-state index in [1.54, 1.807) is 0 Å². The molecule has 0 radical (unpaired) electrons. The van der Waals surface area contributed by atoms with Gasteiger partial charge in [-0.2, -0.15) is 0 Å². The van der Waals surface area contributed by atoms with Crippen molar-refractivity contribution >= 4 is 22.2 Å². The monoisotopic (exact) mass is 448 g/mol. The Morgan fingerprint density at radius 1 is 0.818 bits per heavy atom. The van der Waals surface area contributed by atoms with Gasteiger partial charge in [-0.3, -0.25) is 4.79 Å². The summed E-state index contributed by atoms with van der Waals surface area (Å²) in [6.07, 6.45) is 11.6. The van der Waals surface area contributed by atoms with Crippen LogP contribution in [0.15, 0.2) is 30.3 Å². The molecule has 0 N–H and O–H groups in total. The Labute approximate surface area is 201 Å². The number of anilines is 1. The van der Waals surface area contributed by atoms with Crippen LogP contribution in [-0.2, 0) is 5.41 Å². The van der Waals surface area contributed by atoms with Crippen molar-refractivity contribution < 1.29 is 4.79 Å². The maximum Gasteiger partial charge on any atom is 0.174 e. The molecule has 4 rings (SSSR count). The molecule has 0 saturated carbocycles. The predicted molar refractivity (Wildman–Crippen MR) is 142 cm³/mol. The molecular weight excluding hydrogens is 404 g/mol. The third-order valence-corrected chi connectivity index (χ3v) is 8.13. The lowest BCUT2D eigenvalue weighted by Gasteiger charge is -2.30. The van der Waals surface area contributed by atoms with Crippen LogP contribution in [0.1, 0.15) is 101 Å². The summed E-state index contributed by atoms with van der Waals surface area (Å²) in [5, 5.41) is 2.56. The standard InChI is InChI=1S/C30H44N2O/c1-4-7-10-19-31-20-12-21-32(23-22-31)27-16-15-26-28-24(27)13-11-14-25(28)29(33)30(26,17-8-5-2)18-9-6-3/h11,13-16H,4-10,12,17-23H2,1-3H3. The highest BCUT2D eigenvalue weighted by Crippen LogP contribution is 2.50. The summed E-state index contributed by atoms with van der Waals surface area (Å²) in [6, 6.07) is 11.2. The van der Waals surface area contributed by atoms with Crippen LogP contribution in [0.3, 0.4) is 0 Å². The molecule has 1 saturated heterocycles. The molecule has 0 spiro atoms. The lowest BCUT2D eigenvalue weighted by molar-refractivity contribution is 0.0871. The van der Waals surface area contributed by atoms with E-state index in [2.05, 4.69) is 60.9 Å². The Balaban J connectivity index is 1.66. The van der Waals surface area contributed by atoms with E-state index in [0.717, 1.165) is 63.7 Å². The van der Waals surface area contributed by atoms with Gasteiger partial charge in [-0.25, -0.2) is 0 Å². The largest absolute Gasteiger partial charge is 0.370 e. The molecule has 180 valence electrons. The molecule has 33 heavy (non-hydrogen) atoms. The summed E-state index contributed by atoms with van der Waals surface area (Å²) >= 11 is 0. The molecule has 3 nitrogen and oxygen atoms in total. The number of benzene rings is 2. The van der Waals surface area contributed by atoms with E-state index in [4.69, 9.17) is 0 Å². The van der Waals surface area contributed by atoms with Gasteiger partial charge in [0.05, 0.1) is 5.41 Å². The number of unbranched alkanes of at least 4 members (excludes halogenated alkanes) is 4. The molecule has 2 aliphatic rings. The molecule has 0 amide bonds. The third-order valence-electron chi connectivity index (χ3n) is 8.13. The summed E-state index contributed by atoms with van der Waals surface area (Å²) in [5.41, 5.74) is 3.33. The van der Waals surface area contributed by atoms with Gasteiger partial charge in [0.15, 0.2) is 5.78 Å². The molecule has 1 fully saturated rings. The number of Topliss-reactive ketones (excluding diaryl/α,β-unsaturated/α-hetero) is 1. The van der Waals surface area contributed by atoms with Crippen LogP contribution in [0.25, 0.3) is 10.8 Å². The summed E-state index contributed by atoms with van der Waals surface area (Å²) < 4.78 is 0. The number of hydrogen-bond donors (Lipinski definition) is 0. The van der Waals surface area contributed by atoms with Crippen LogP contribution in [0.5, 0.6) is 0 Å². The quantitative estimate of drug-likeness (QED) is 0.336. The molecule has 2 aromatic rings. The fraction of sp³-hybridized carbons (Fsp3) is 0.633. The number of rotatable bonds is 11. The highest BCUT2D eigenvalue weighted by molar-refractivity contribution is 6.22. The minimum atomic E-state index is -0.304. The second-order valence-electron chi connectivity index (χ2n) is 10.4. The first-order valence-electron chi connectivity index (χ1n) is 13.7. The van der Waals surface area contributed by atoms with Crippen molar-refractivity contribution in [3.05, 3.63) is 41.5 Å². The molecular formula is C30H44N2O. The minimum absolute atomic E-state index is 0.304. The normalized spacial score (nSPS) is 18.3. The Morgan fingerprint density at radius 2 is 1.58 bits per heavy atom. The average molecular weight is 449 g/mol. The van der Waals surface area contributed by atoms with Gasteiger partial charge < -0.3 is 9.80 Å². The number of carbonyl (C=O) groups is 1. The summed E-state index contributed by atoms with van der Waals surface area (Å²) in [4.78, 5) is 19.1. The third kappa shape index (κ3) is 4.71. The fourth-order valence-electron chi connectivity index (χ4n) is 6.23. The molecule has 3 heteroatoms. The Morgan fingerprint density at radius 3 is 2.30 bits per heavy atom. The number of hydrogen-bond acceptors (Lipinski definition) is 3.